The SMILES string of the molecule is CCN(CC)c1ccc(-c2nnc(SCC(=O)Nc3ccc(OC)c(Cl)c3)n2C)cc1. The molecule has 1 amide bonds. The standard InChI is InChI=1S/C22H26ClN5O2S/c1-5-28(6-2)17-10-7-15(8-11-17)21-25-26-22(27(21)3)31-14-20(29)24-16-9-12-19(30-4)18(23)13-16/h7-13H,5-6,14H2,1-4H3,(H,24,29). The zero-order valence-electron chi connectivity index (χ0n) is 18.1. The molecule has 0 spiro atoms. The lowest BCUT2D eigenvalue weighted by Gasteiger charge is -2.21. The molecule has 0 bridgehead atoms. The first-order chi connectivity index (χ1) is 15.0. The maximum absolute atomic E-state index is 12.3. The second kappa shape index (κ2) is 10.5. The topological polar surface area (TPSA) is 72.3 Å². The fourth-order valence-electron chi connectivity index (χ4n) is 3.17. The summed E-state index contributed by atoms with van der Waals surface area (Å²) < 4.78 is 7.02. The molecular formula is C22H26ClN5O2S. The van der Waals surface area contributed by atoms with Crippen molar-refractivity contribution >= 4 is 40.6 Å². The number of ether oxygens (including phenoxy) is 1. The quantitative estimate of drug-likeness (QED) is 0.467. The summed E-state index contributed by atoms with van der Waals surface area (Å²) in [5.74, 6) is 1.37. The summed E-state index contributed by atoms with van der Waals surface area (Å²) in [6.07, 6.45) is 0. The van der Waals surface area contributed by atoms with E-state index in [0.29, 0.717) is 21.6 Å². The number of amides is 1. The summed E-state index contributed by atoms with van der Waals surface area (Å²) in [6, 6.07) is 13.4. The van der Waals surface area contributed by atoms with Gasteiger partial charge in [0.05, 0.1) is 17.9 Å². The average Bonchev–Trinajstić information content (AvgIpc) is 3.14. The minimum Gasteiger partial charge on any atom is -0.495 e. The van der Waals surface area contributed by atoms with E-state index in [4.69, 9.17) is 16.3 Å². The maximum Gasteiger partial charge on any atom is 0.234 e. The summed E-state index contributed by atoms with van der Waals surface area (Å²) in [4.78, 5) is 14.6. The molecule has 0 aliphatic heterocycles. The fraction of sp³-hybridized carbons (Fsp3) is 0.318. The molecule has 0 saturated carbocycles. The Labute approximate surface area is 191 Å². The smallest absolute Gasteiger partial charge is 0.234 e. The number of benzene rings is 2. The van der Waals surface area contributed by atoms with E-state index in [9.17, 15) is 4.79 Å². The van der Waals surface area contributed by atoms with E-state index >= 15 is 0 Å². The van der Waals surface area contributed by atoms with Gasteiger partial charge in [0.15, 0.2) is 11.0 Å². The number of methoxy groups -OCH3 is 1. The van der Waals surface area contributed by atoms with Crippen molar-refractivity contribution in [3.05, 3.63) is 47.5 Å². The largest absolute Gasteiger partial charge is 0.495 e. The van der Waals surface area contributed by atoms with Gasteiger partial charge < -0.3 is 19.5 Å². The van der Waals surface area contributed by atoms with Crippen molar-refractivity contribution < 1.29 is 9.53 Å². The van der Waals surface area contributed by atoms with Crippen molar-refractivity contribution in [1.82, 2.24) is 14.8 Å². The molecule has 0 aliphatic rings. The number of carbonyl (C=O) groups excluding carboxylic acids is 1. The number of halogens is 1. The molecule has 0 aliphatic carbocycles. The first-order valence-corrected chi connectivity index (χ1v) is 11.3. The van der Waals surface area contributed by atoms with Crippen molar-refractivity contribution in [2.75, 3.05) is 36.2 Å². The van der Waals surface area contributed by atoms with Crippen LogP contribution in [0.15, 0.2) is 47.6 Å². The fourth-order valence-corrected chi connectivity index (χ4v) is 4.14. The molecule has 1 N–H and O–H groups in total. The Hall–Kier alpha value is -2.71. The van der Waals surface area contributed by atoms with Gasteiger partial charge in [0.2, 0.25) is 5.91 Å². The highest BCUT2D eigenvalue weighted by Crippen LogP contribution is 2.28. The monoisotopic (exact) mass is 459 g/mol. The number of carbonyl (C=O) groups is 1. The van der Waals surface area contributed by atoms with Crippen molar-refractivity contribution in [3.8, 4) is 17.1 Å². The van der Waals surface area contributed by atoms with Crippen LogP contribution in [0.25, 0.3) is 11.4 Å². The Morgan fingerprint density at radius 1 is 1.16 bits per heavy atom. The summed E-state index contributed by atoms with van der Waals surface area (Å²) in [7, 11) is 3.45. The molecule has 2 aromatic carbocycles. The Bertz CT molecular complexity index is 1030. The van der Waals surface area contributed by atoms with Crippen LogP contribution in [-0.2, 0) is 11.8 Å². The van der Waals surface area contributed by atoms with Crippen molar-refractivity contribution in [3.63, 3.8) is 0 Å². The van der Waals surface area contributed by atoms with Crippen LogP contribution >= 0.6 is 23.4 Å². The van der Waals surface area contributed by atoms with Gasteiger partial charge in [-0.05, 0) is 56.3 Å². The van der Waals surface area contributed by atoms with Gasteiger partial charge in [-0.1, -0.05) is 23.4 Å². The van der Waals surface area contributed by atoms with Crippen molar-refractivity contribution in [2.45, 2.75) is 19.0 Å². The highest BCUT2D eigenvalue weighted by atomic mass is 35.5. The predicted octanol–water partition coefficient (Wildman–Crippen LogP) is 4.72. The zero-order chi connectivity index (χ0) is 22.4. The molecule has 9 heteroatoms. The van der Waals surface area contributed by atoms with Crippen LogP contribution in [-0.4, -0.2) is 46.6 Å². The number of thioether (sulfide) groups is 1. The second-order valence-electron chi connectivity index (χ2n) is 6.77. The Morgan fingerprint density at radius 3 is 2.48 bits per heavy atom. The molecule has 0 fully saturated rings. The first kappa shape index (κ1) is 23.0. The molecule has 0 atom stereocenters. The van der Waals surface area contributed by atoms with Crippen LogP contribution in [0.4, 0.5) is 11.4 Å². The lowest BCUT2D eigenvalue weighted by atomic mass is 10.2. The first-order valence-electron chi connectivity index (χ1n) is 9.97. The van der Waals surface area contributed by atoms with Crippen LogP contribution in [0, 0.1) is 0 Å². The van der Waals surface area contributed by atoms with Gasteiger partial charge in [-0.25, -0.2) is 0 Å². The van der Waals surface area contributed by atoms with Gasteiger partial charge in [-0.3, -0.25) is 4.79 Å². The molecule has 31 heavy (non-hydrogen) atoms. The maximum atomic E-state index is 12.3. The number of hydrogen-bond donors (Lipinski definition) is 1. The highest BCUT2D eigenvalue weighted by molar-refractivity contribution is 7.99. The summed E-state index contributed by atoms with van der Waals surface area (Å²) in [5.41, 5.74) is 2.78. The van der Waals surface area contributed by atoms with Gasteiger partial charge in [0.1, 0.15) is 5.75 Å². The molecule has 1 heterocycles. The molecule has 0 unspecified atom stereocenters. The lowest BCUT2D eigenvalue weighted by molar-refractivity contribution is -0.113. The highest BCUT2D eigenvalue weighted by Gasteiger charge is 2.14. The Balaban J connectivity index is 1.62. The van der Waals surface area contributed by atoms with Crippen molar-refractivity contribution in [2.24, 2.45) is 7.05 Å². The zero-order valence-corrected chi connectivity index (χ0v) is 19.6. The van der Waals surface area contributed by atoms with Crippen LogP contribution < -0.4 is 15.0 Å². The van der Waals surface area contributed by atoms with Crippen LogP contribution in [0.5, 0.6) is 5.75 Å². The lowest BCUT2D eigenvalue weighted by Crippen LogP contribution is -2.21. The molecule has 0 radical (unpaired) electrons. The van der Waals surface area contributed by atoms with E-state index in [0.717, 1.165) is 24.5 Å². The van der Waals surface area contributed by atoms with Crippen LogP contribution in [0.3, 0.4) is 0 Å². The minimum atomic E-state index is -0.153. The molecular weight excluding hydrogens is 434 g/mol. The molecule has 7 nitrogen and oxygen atoms in total. The van der Waals surface area contributed by atoms with Gasteiger partial charge in [0, 0.05) is 37.1 Å². The molecule has 164 valence electrons. The van der Waals surface area contributed by atoms with Crippen LogP contribution in [0.2, 0.25) is 5.02 Å². The number of rotatable bonds is 9. The van der Waals surface area contributed by atoms with E-state index in [1.54, 1.807) is 25.3 Å². The van der Waals surface area contributed by atoms with E-state index in [1.807, 2.05) is 23.7 Å². The average molecular weight is 460 g/mol. The third kappa shape index (κ3) is 5.51. The second-order valence-corrected chi connectivity index (χ2v) is 8.12. The number of aromatic nitrogens is 3. The van der Waals surface area contributed by atoms with Gasteiger partial charge >= 0.3 is 0 Å². The molecule has 0 saturated heterocycles. The van der Waals surface area contributed by atoms with Crippen LogP contribution in [0.1, 0.15) is 13.8 Å². The molecule has 3 rings (SSSR count). The molecule has 3 aromatic rings. The number of nitrogens with zero attached hydrogens (tertiary/aromatic N) is 4. The predicted molar refractivity (Wildman–Crippen MR) is 127 cm³/mol. The third-order valence-corrected chi connectivity index (χ3v) is 6.17. The number of hydrogen-bond acceptors (Lipinski definition) is 6. The summed E-state index contributed by atoms with van der Waals surface area (Å²) >= 11 is 7.43. The van der Waals surface area contributed by atoms with Gasteiger partial charge in [-0.2, -0.15) is 0 Å². The van der Waals surface area contributed by atoms with E-state index < -0.39 is 0 Å². The van der Waals surface area contributed by atoms with Gasteiger partial charge in [-0.15, -0.1) is 10.2 Å². The Morgan fingerprint density at radius 2 is 1.87 bits per heavy atom. The third-order valence-electron chi connectivity index (χ3n) is 4.86. The number of anilines is 2. The minimum absolute atomic E-state index is 0.153. The van der Waals surface area contributed by atoms with Gasteiger partial charge in [0.25, 0.3) is 0 Å². The van der Waals surface area contributed by atoms with Crippen molar-refractivity contribution in [1.29, 1.82) is 0 Å². The summed E-state index contributed by atoms with van der Waals surface area (Å²) in [6.45, 7) is 6.21. The normalized spacial score (nSPS) is 10.7. The van der Waals surface area contributed by atoms with E-state index in [1.165, 1.54) is 17.4 Å². The van der Waals surface area contributed by atoms with E-state index in [2.05, 4.69) is 46.4 Å². The summed E-state index contributed by atoms with van der Waals surface area (Å²) in [5, 5.41) is 12.5. The molecule has 1 aromatic heterocycles. The number of nitrogens with one attached hydrogen (secondary N) is 1. The Kier molecular flexibility index (Phi) is 7.81. The van der Waals surface area contributed by atoms with E-state index in [-0.39, 0.29) is 11.7 Å².